The van der Waals surface area contributed by atoms with Gasteiger partial charge in [-0.3, -0.25) is 9.59 Å². The Morgan fingerprint density at radius 2 is 1.48 bits per heavy atom. The Balaban J connectivity index is 1.16. The molecule has 0 aromatic heterocycles. The third kappa shape index (κ3) is 6.45. The van der Waals surface area contributed by atoms with Crippen molar-refractivity contribution in [2.24, 2.45) is 0 Å². The quantitative estimate of drug-likeness (QED) is 0.128. The summed E-state index contributed by atoms with van der Waals surface area (Å²) in [6.07, 6.45) is -0.0116. The fourth-order valence-electron chi connectivity index (χ4n) is 6.88. The second kappa shape index (κ2) is 14.2. The van der Waals surface area contributed by atoms with E-state index < -0.39 is 17.7 Å². The molecule has 0 bridgehead atoms. The Labute approximate surface area is 290 Å². The summed E-state index contributed by atoms with van der Waals surface area (Å²) in [5.41, 5.74) is 3.70. The van der Waals surface area contributed by atoms with Crippen LogP contribution in [0.4, 0.5) is 0 Å². The number of aliphatic hydroxyl groups excluding tert-OH is 1. The highest BCUT2D eigenvalue weighted by Crippen LogP contribution is 2.42. The number of aryl methyl sites for hydroxylation is 1. The number of carbonyl (C=O) groups is 1. The monoisotopic (exact) mass is 670 g/mol. The number of carbonyl (C=O) groups excluding carboxylic acids is 1. The van der Waals surface area contributed by atoms with Gasteiger partial charge in [-0.25, -0.2) is 4.98 Å². The van der Waals surface area contributed by atoms with Crippen LogP contribution in [0, 0.1) is 0 Å². The third-order valence-electron chi connectivity index (χ3n) is 9.45. The molecule has 1 fully saturated rings. The molecule has 1 amide bonds. The lowest BCUT2D eigenvalue weighted by molar-refractivity contribution is -0.134. The van der Waals surface area contributed by atoms with E-state index in [2.05, 4.69) is 4.98 Å². The molecule has 0 spiro atoms. The largest absolute Gasteiger partial charge is 0.497 e. The number of hydrogen-bond acceptors (Lipinski definition) is 8. The normalized spacial score (nSPS) is 16.2. The first kappa shape index (κ1) is 33.0. The lowest BCUT2D eigenvalue weighted by Gasteiger charge is -2.38. The minimum absolute atomic E-state index is 0.0927. The molecular weight excluding hydrogens is 632 g/mol. The van der Waals surface area contributed by atoms with Gasteiger partial charge in [0.25, 0.3) is 0 Å². The molecule has 3 aliphatic rings. The summed E-state index contributed by atoms with van der Waals surface area (Å²) in [4.78, 5) is 33.2. The zero-order valence-corrected chi connectivity index (χ0v) is 28.0. The maximum absolute atomic E-state index is 13.8. The average Bonchev–Trinajstić information content (AvgIpc) is 3.54. The molecule has 0 saturated carbocycles. The van der Waals surface area contributed by atoms with Crippen LogP contribution in [0.1, 0.15) is 35.1 Å². The van der Waals surface area contributed by atoms with Gasteiger partial charge in [-0.1, -0.05) is 66.7 Å². The van der Waals surface area contributed by atoms with Crippen LogP contribution in [0.3, 0.4) is 0 Å². The molecule has 254 valence electrons. The van der Waals surface area contributed by atoms with E-state index in [1.165, 1.54) is 6.07 Å². The van der Waals surface area contributed by atoms with Gasteiger partial charge in [-0.2, -0.15) is 0 Å². The lowest BCUT2D eigenvalue weighted by Crippen LogP contribution is -2.42. The second-order valence-electron chi connectivity index (χ2n) is 12.5. The Bertz CT molecular complexity index is 2070. The van der Waals surface area contributed by atoms with Crippen LogP contribution in [0.15, 0.2) is 124 Å². The lowest BCUT2D eigenvalue weighted by atomic mass is 9.80. The summed E-state index contributed by atoms with van der Waals surface area (Å²) in [6, 6.07) is 35.6. The van der Waals surface area contributed by atoms with Crippen molar-refractivity contribution >= 4 is 17.0 Å². The standard InChI is InChI=1S/C41H38N2O7/c1-47-33-17-13-29(14-18-33)41(28-8-4-3-5-9-28,30-15-19-34(48-2)20-16-30)49-26-31-23-32(44)25-43(31)40(46)21-12-27-22-36-39(24-37(27)45)50-38-11-7-6-10-35(38)42-36/h3-11,13-20,22,24,31-32,44H,12,21,23,25-26H2,1-2H3. The van der Waals surface area contributed by atoms with Gasteiger partial charge in [0.2, 0.25) is 5.91 Å². The Kier molecular flexibility index (Phi) is 9.34. The molecule has 9 nitrogen and oxygen atoms in total. The van der Waals surface area contributed by atoms with Gasteiger partial charge in [-0.05, 0) is 72.0 Å². The van der Waals surface area contributed by atoms with Gasteiger partial charge in [0.05, 0.1) is 33.0 Å². The molecule has 1 aliphatic carbocycles. The summed E-state index contributed by atoms with van der Waals surface area (Å²) in [5, 5.41) is 10.8. The van der Waals surface area contributed by atoms with E-state index in [9.17, 15) is 14.7 Å². The number of hydrogen-bond donors (Lipinski definition) is 1. The molecule has 50 heavy (non-hydrogen) atoms. The van der Waals surface area contributed by atoms with E-state index in [1.807, 2.05) is 97.1 Å². The summed E-state index contributed by atoms with van der Waals surface area (Å²) < 4.78 is 23.9. The number of benzene rings is 5. The number of likely N-dealkylation sites (tertiary alicyclic amines) is 1. The first-order valence-corrected chi connectivity index (χ1v) is 16.7. The topological polar surface area (TPSA) is 111 Å². The summed E-state index contributed by atoms with van der Waals surface area (Å²) in [5.74, 6) is 1.67. The number of aliphatic hydroxyl groups is 1. The maximum atomic E-state index is 13.8. The van der Waals surface area contributed by atoms with Crippen LogP contribution in [-0.4, -0.2) is 60.4 Å². The zero-order chi connectivity index (χ0) is 34.7. The molecular formula is C41H38N2O7. The van der Waals surface area contributed by atoms with Crippen molar-refractivity contribution in [3.63, 3.8) is 0 Å². The van der Waals surface area contributed by atoms with Crippen LogP contribution >= 0.6 is 0 Å². The van der Waals surface area contributed by atoms with E-state index in [0.717, 1.165) is 16.7 Å². The van der Waals surface area contributed by atoms with Gasteiger partial charge < -0.3 is 28.6 Å². The van der Waals surface area contributed by atoms with Crippen LogP contribution in [0.5, 0.6) is 11.5 Å². The Hall–Kier alpha value is -5.51. The van der Waals surface area contributed by atoms with Crippen molar-refractivity contribution in [2.45, 2.75) is 37.0 Å². The fraction of sp³-hybridized carbons (Fsp3) is 0.244. The first-order chi connectivity index (χ1) is 24.4. The van der Waals surface area contributed by atoms with Crippen molar-refractivity contribution < 1.29 is 28.5 Å². The molecule has 1 N–H and O–H groups in total. The Morgan fingerprint density at radius 1 is 0.860 bits per heavy atom. The Morgan fingerprint density at radius 3 is 2.14 bits per heavy atom. The molecule has 2 unspecified atom stereocenters. The highest BCUT2D eigenvalue weighted by atomic mass is 16.5. The van der Waals surface area contributed by atoms with Crippen LogP contribution in [0.2, 0.25) is 0 Å². The van der Waals surface area contributed by atoms with Crippen molar-refractivity contribution in [3.05, 3.63) is 148 Å². The predicted molar refractivity (Wildman–Crippen MR) is 190 cm³/mol. The molecule has 2 heterocycles. The van der Waals surface area contributed by atoms with Crippen LogP contribution < -0.4 is 14.9 Å². The number of amides is 1. The maximum Gasteiger partial charge on any atom is 0.223 e. The molecule has 0 radical (unpaired) electrons. The number of methoxy groups -OCH3 is 2. The van der Waals surface area contributed by atoms with E-state index in [-0.39, 0.29) is 37.3 Å². The van der Waals surface area contributed by atoms with Crippen molar-refractivity contribution in [1.82, 2.24) is 9.88 Å². The summed E-state index contributed by atoms with van der Waals surface area (Å²) in [7, 11) is 3.26. The highest BCUT2D eigenvalue weighted by molar-refractivity contribution is 5.78. The number of β-amino-alcohol motifs (C(OH)–C–C–N with tert-alkyl or cyclic N) is 1. The average molecular weight is 671 g/mol. The van der Waals surface area contributed by atoms with Crippen LogP contribution in [0.25, 0.3) is 22.6 Å². The molecule has 7 rings (SSSR count). The molecule has 2 atom stereocenters. The van der Waals surface area contributed by atoms with E-state index in [0.29, 0.717) is 46.0 Å². The van der Waals surface area contributed by atoms with Gasteiger partial charge in [0.1, 0.15) is 28.3 Å². The minimum Gasteiger partial charge on any atom is -0.497 e. The van der Waals surface area contributed by atoms with Gasteiger partial charge in [0.15, 0.2) is 16.8 Å². The number of para-hydroxylation sites is 2. The summed E-state index contributed by atoms with van der Waals surface area (Å²) >= 11 is 0. The van der Waals surface area contributed by atoms with Gasteiger partial charge in [0, 0.05) is 24.6 Å². The molecule has 1 saturated heterocycles. The van der Waals surface area contributed by atoms with E-state index in [4.69, 9.17) is 18.6 Å². The molecule has 2 aliphatic heterocycles. The predicted octanol–water partition coefficient (Wildman–Crippen LogP) is 6.21. The van der Waals surface area contributed by atoms with Crippen LogP contribution in [-0.2, 0) is 21.6 Å². The minimum atomic E-state index is -1.06. The smallest absolute Gasteiger partial charge is 0.223 e. The van der Waals surface area contributed by atoms with Crippen molar-refractivity contribution in [3.8, 4) is 23.0 Å². The third-order valence-corrected chi connectivity index (χ3v) is 9.45. The highest BCUT2D eigenvalue weighted by Gasteiger charge is 2.41. The van der Waals surface area contributed by atoms with Gasteiger partial charge in [-0.15, -0.1) is 0 Å². The van der Waals surface area contributed by atoms with Crippen molar-refractivity contribution in [1.29, 1.82) is 0 Å². The van der Waals surface area contributed by atoms with Gasteiger partial charge >= 0.3 is 0 Å². The summed E-state index contributed by atoms with van der Waals surface area (Å²) in [6.45, 7) is 0.335. The van der Waals surface area contributed by atoms with Crippen molar-refractivity contribution in [2.75, 3.05) is 27.4 Å². The number of rotatable bonds is 11. The molecule has 4 aromatic rings. The van der Waals surface area contributed by atoms with E-state index >= 15 is 0 Å². The zero-order valence-electron chi connectivity index (χ0n) is 28.0. The number of nitrogens with zero attached hydrogens (tertiary/aromatic N) is 2. The number of aromatic nitrogens is 1. The molecule has 4 aromatic carbocycles. The number of fused-ring (bicyclic) bond motifs is 2. The molecule has 9 heteroatoms. The fourth-order valence-corrected chi connectivity index (χ4v) is 6.88. The SMILES string of the molecule is COc1ccc(C(OCC2CC(O)CN2C(=O)CCc2cc3nc4ccccc4oc-3cc2=O)(c2ccccc2)c2ccc(OC)cc2)cc1. The second-order valence-corrected chi connectivity index (χ2v) is 12.5. The first-order valence-electron chi connectivity index (χ1n) is 16.7. The van der Waals surface area contributed by atoms with E-state index in [1.54, 1.807) is 31.3 Å². The number of ether oxygens (including phenoxy) is 3.